The number of likely N-dealkylation sites (tertiary alicyclic amines) is 1. The van der Waals surface area contributed by atoms with Crippen molar-refractivity contribution in [1.29, 1.82) is 0 Å². The van der Waals surface area contributed by atoms with Gasteiger partial charge < -0.3 is 20.4 Å². The van der Waals surface area contributed by atoms with Crippen LogP contribution in [-0.2, 0) is 25.8 Å². The average molecular weight is 798 g/mol. The second-order valence-electron chi connectivity index (χ2n) is 15.1. The summed E-state index contributed by atoms with van der Waals surface area (Å²) >= 11 is 0. The maximum atomic E-state index is 13.6. The molecule has 1 aromatic carbocycles. The Bertz CT molecular complexity index is 1980. The number of benzene rings is 1. The number of sulfonamides is 1. The van der Waals surface area contributed by atoms with Gasteiger partial charge in [0.25, 0.3) is 5.91 Å². The third-order valence-electron chi connectivity index (χ3n) is 11.3. The molecule has 4 aliphatic rings. The van der Waals surface area contributed by atoms with Gasteiger partial charge in [-0.05, 0) is 99.7 Å². The number of imide groups is 1. The Hall–Kier alpha value is -4.68. The number of alkyl halides is 3. The number of nitrogens with zero attached hydrogens (tertiary/aromatic N) is 6. The van der Waals surface area contributed by atoms with Crippen LogP contribution in [0.25, 0.3) is 0 Å². The van der Waals surface area contributed by atoms with Gasteiger partial charge in [0.15, 0.2) is 0 Å². The van der Waals surface area contributed by atoms with E-state index in [9.17, 15) is 36.0 Å². The van der Waals surface area contributed by atoms with Crippen molar-refractivity contribution in [3.8, 4) is 0 Å². The van der Waals surface area contributed by atoms with Crippen molar-refractivity contribution >= 4 is 39.4 Å². The number of hydrogen-bond acceptors (Lipinski definition) is 11. The van der Waals surface area contributed by atoms with Gasteiger partial charge in [-0.25, -0.2) is 18.4 Å². The van der Waals surface area contributed by atoms with Crippen LogP contribution in [0.2, 0.25) is 0 Å². The van der Waals surface area contributed by atoms with E-state index in [4.69, 9.17) is 0 Å². The molecule has 0 bridgehead atoms. The Kier molecular flexibility index (Phi) is 11.9. The number of aromatic nitrogens is 3. The van der Waals surface area contributed by atoms with Crippen molar-refractivity contribution in [2.45, 2.75) is 80.4 Å². The number of rotatable bonds is 10. The van der Waals surface area contributed by atoms with E-state index in [0.717, 1.165) is 82.1 Å². The first-order chi connectivity index (χ1) is 26.8. The predicted molar refractivity (Wildman–Crippen MR) is 200 cm³/mol. The van der Waals surface area contributed by atoms with Crippen LogP contribution in [0.5, 0.6) is 0 Å². The fourth-order valence-corrected chi connectivity index (χ4v) is 9.50. The molecule has 0 aliphatic carbocycles. The number of carbonyl (C=O) groups excluding carboxylic acids is 3. The Morgan fingerprint density at radius 2 is 1.57 bits per heavy atom. The van der Waals surface area contributed by atoms with Gasteiger partial charge in [-0.1, -0.05) is 12.1 Å². The van der Waals surface area contributed by atoms with Crippen LogP contribution in [0.15, 0.2) is 59.9 Å². The van der Waals surface area contributed by atoms with Gasteiger partial charge in [0.05, 0.1) is 10.5 Å². The molecule has 0 saturated carbocycles. The summed E-state index contributed by atoms with van der Waals surface area (Å²) < 4.78 is 67.3. The molecule has 56 heavy (non-hydrogen) atoms. The summed E-state index contributed by atoms with van der Waals surface area (Å²) in [5, 5.41) is 7.94. The van der Waals surface area contributed by atoms with Gasteiger partial charge >= 0.3 is 6.18 Å². The van der Waals surface area contributed by atoms with Crippen LogP contribution in [0.1, 0.15) is 78.9 Å². The minimum Gasteiger partial charge on any atom is -0.371 e. The number of halogens is 3. The zero-order valence-electron chi connectivity index (χ0n) is 30.9. The quantitative estimate of drug-likeness (QED) is 0.255. The normalized spacial score (nSPS) is 21.5. The fraction of sp³-hybridized carbons (Fsp3) is 0.526. The molecular weight excluding hydrogens is 752 g/mol. The van der Waals surface area contributed by atoms with Crippen LogP contribution in [-0.4, -0.2) is 108 Å². The van der Waals surface area contributed by atoms with Crippen LogP contribution >= 0.6 is 0 Å². The molecule has 3 amide bonds. The molecule has 6 heterocycles. The largest absolute Gasteiger partial charge is 0.419 e. The van der Waals surface area contributed by atoms with Gasteiger partial charge in [0.1, 0.15) is 11.7 Å². The summed E-state index contributed by atoms with van der Waals surface area (Å²) in [5.74, 6) is -0.297. The van der Waals surface area contributed by atoms with E-state index in [-0.39, 0.29) is 54.4 Å². The van der Waals surface area contributed by atoms with Crippen molar-refractivity contribution in [3.63, 3.8) is 0 Å². The van der Waals surface area contributed by atoms with Gasteiger partial charge in [-0.15, -0.1) is 0 Å². The van der Waals surface area contributed by atoms with Crippen molar-refractivity contribution in [3.05, 3.63) is 71.8 Å². The van der Waals surface area contributed by atoms with Gasteiger partial charge in [0, 0.05) is 69.5 Å². The first-order valence-corrected chi connectivity index (χ1v) is 20.6. The first kappa shape index (κ1) is 39.6. The van der Waals surface area contributed by atoms with Crippen molar-refractivity contribution < 1.29 is 36.0 Å². The van der Waals surface area contributed by atoms with Crippen molar-refractivity contribution in [1.82, 2.24) is 34.8 Å². The monoisotopic (exact) mass is 797 g/mol. The number of nitrogens with one attached hydrogen (secondary N) is 3. The number of carbonyl (C=O) groups is 3. The smallest absolute Gasteiger partial charge is 0.371 e. The lowest BCUT2D eigenvalue weighted by atomic mass is 9.89. The summed E-state index contributed by atoms with van der Waals surface area (Å²) in [5.41, 5.74) is 1.28. The molecule has 4 aliphatic heterocycles. The van der Waals surface area contributed by atoms with Crippen LogP contribution in [0.3, 0.4) is 0 Å². The maximum absolute atomic E-state index is 13.6. The Morgan fingerprint density at radius 1 is 0.857 bits per heavy atom. The lowest BCUT2D eigenvalue weighted by molar-refractivity contribution is -0.138. The molecule has 2 aromatic heterocycles. The topological polar surface area (TPSA) is 170 Å². The molecule has 14 nitrogen and oxygen atoms in total. The zero-order valence-corrected chi connectivity index (χ0v) is 31.7. The Morgan fingerprint density at radius 3 is 2.21 bits per heavy atom. The van der Waals surface area contributed by atoms with E-state index in [0.29, 0.717) is 24.7 Å². The molecule has 3 N–H and O–H groups in total. The first-order valence-electron chi connectivity index (χ1n) is 19.2. The van der Waals surface area contributed by atoms with E-state index in [1.165, 1.54) is 4.31 Å². The standard InChI is InChI=1S/C38H46F3N9O5S/c39-38(40,41)28-22-43-37(44-23-28)45-29-12-18-50(19-13-29)56(54,55)31-3-1-2-30(20-31)49-16-8-25(9-17-49)24-48-14-10-26(11-15-48)27-4-5-32(42-21-27)35(52)46-33-6-7-34(51)47-36(33)53/h1-5,20-23,25-26,29,33H,6-19,24H2,(H,46,52)(H,43,44,45)(H,47,51,53). The van der Waals surface area contributed by atoms with E-state index in [1.54, 1.807) is 30.5 Å². The van der Waals surface area contributed by atoms with E-state index >= 15 is 0 Å². The molecular formula is C38H46F3N9O5S. The number of piperidine rings is 4. The lowest BCUT2D eigenvalue weighted by Crippen LogP contribution is -2.52. The number of amides is 3. The highest BCUT2D eigenvalue weighted by Crippen LogP contribution is 2.32. The molecule has 0 radical (unpaired) electrons. The lowest BCUT2D eigenvalue weighted by Gasteiger charge is -2.38. The fourth-order valence-electron chi connectivity index (χ4n) is 7.99. The zero-order chi connectivity index (χ0) is 39.5. The van der Waals surface area contributed by atoms with Crippen LogP contribution in [0.4, 0.5) is 24.8 Å². The van der Waals surface area contributed by atoms with E-state index < -0.39 is 39.6 Å². The highest BCUT2D eigenvalue weighted by Gasteiger charge is 2.34. The van der Waals surface area contributed by atoms with E-state index in [1.807, 2.05) is 12.1 Å². The molecule has 18 heteroatoms. The van der Waals surface area contributed by atoms with Crippen molar-refractivity contribution in [2.24, 2.45) is 5.92 Å². The summed E-state index contributed by atoms with van der Waals surface area (Å²) in [6.07, 6.45) is 4.09. The van der Waals surface area contributed by atoms with Gasteiger partial charge in [-0.2, -0.15) is 17.5 Å². The molecule has 3 aromatic rings. The molecule has 1 atom stereocenters. The molecule has 1 unspecified atom stereocenters. The summed E-state index contributed by atoms with van der Waals surface area (Å²) in [7, 11) is -3.74. The Balaban J connectivity index is 0.835. The summed E-state index contributed by atoms with van der Waals surface area (Å²) in [4.78, 5) is 53.0. The summed E-state index contributed by atoms with van der Waals surface area (Å²) in [6, 6.07) is 9.85. The SMILES string of the molecule is O=C1CCC(NC(=O)c2ccc(C3CCN(CC4CCN(c5cccc(S(=O)(=O)N6CCC(Nc7ncc(C(F)(F)F)cn7)CC6)c5)CC4)CC3)cn2)C(=O)N1. The van der Waals surface area contributed by atoms with E-state index in [2.05, 4.69) is 40.7 Å². The molecule has 4 saturated heterocycles. The molecule has 0 spiro atoms. The molecule has 7 rings (SSSR count). The van der Waals surface area contributed by atoms with Crippen LogP contribution < -0.4 is 20.9 Å². The number of pyridine rings is 1. The van der Waals surface area contributed by atoms with Gasteiger partial charge in [-0.3, -0.25) is 24.7 Å². The maximum Gasteiger partial charge on any atom is 0.419 e. The molecule has 4 fully saturated rings. The Labute approximate surface area is 323 Å². The second-order valence-corrected chi connectivity index (χ2v) is 17.0. The summed E-state index contributed by atoms with van der Waals surface area (Å²) in [6.45, 7) is 5.17. The highest BCUT2D eigenvalue weighted by atomic mass is 32.2. The van der Waals surface area contributed by atoms with Crippen molar-refractivity contribution in [2.75, 3.05) is 56.0 Å². The van der Waals surface area contributed by atoms with Gasteiger partial charge in [0.2, 0.25) is 27.8 Å². The average Bonchev–Trinajstić information content (AvgIpc) is 3.20. The third-order valence-corrected chi connectivity index (χ3v) is 13.2. The predicted octanol–water partition coefficient (Wildman–Crippen LogP) is 3.79. The minimum absolute atomic E-state index is 0.0808. The third kappa shape index (κ3) is 9.46. The number of hydrogen-bond donors (Lipinski definition) is 3. The minimum atomic E-state index is -4.52. The number of anilines is 2. The second kappa shape index (κ2) is 16.8. The highest BCUT2D eigenvalue weighted by molar-refractivity contribution is 7.89. The molecule has 300 valence electrons. The van der Waals surface area contributed by atoms with Crippen LogP contribution in [0, 0.1) is 5.92 Å².